The van der Waals surface area contributed by atoms with E-state index in [9.17, 15) is 9.59 Å². The molecule has 0 bridgehead atoms. The quantitative estimate of drug-likeness (QED) is 0.810. The molecule has 4 nitrogen and oxygen atoms in total. The third kappa shape index (κ3) is 4.58. The fourth-order valence-electron chi connectivity index (χ4n) is 2.81. The summed E-state index contributed by atoms with van der Waals surface area (Å²) in [5.41, 5.74) is 0.949. The number of carbonyl (C=O) groups is 2. The van der Waals surface area contributed by atoms with Crippen molar-refractivity contribution in [1.82, 2.24) is 10.2 Å². The van der Waals surface area contributed by atoms with E-state index in [-0.39, 0.29) is 41.1 Å². The fourth-order valence-corrected chi connectivity index (χ4v) is 2.81. The van der Waals surface area contributed by atoms with Gasteiger partial charge in [0.1, 0.15) is 0 Å². The molecule has 1 N–H and O–H groups in total. The third-order valence-corrected chi connectivity index (χ3v) is 3.96. The molecule has 21 heavy (non-hydrogen) atoms. The molecule has 0 unspecified atom stereocenters. The maximum atomic E-state index is 12.5. The highest BCUT2D eigenvalue weighted by atomic mass is 16.2. The van der Waals surface area contributed by atoms with Gasteiger partial charge in [0.15, 0.2) is 0 Å². The minimum atomic E-state index is -0.273. The van der Waals surface area contributed by atoms with Gasteiger partial charge >= 0.3 is 0 Å². The van der Waals surface area contributed by atoms with Crippen LogP contribution in [0, 0.1) is 17.3 Å². The van der Waals surface area contributed by atoms with Gasteiger partial charge < -0.3 is 10.2 Å². The van der Waals surface area contributed by atoms with Gasteiger partial charge in [0.05, 0.1) is 12.5 Å². The van der Waals surface area contributed by atoms with Crippen LogP contribution in [0.5, 0.6) is 0 Å². The third-order valence-electron chi connectivity index (χ3n) is 3.96. The Kier molecular flexibility index (Phi) is 4.91. The average molecular weight is 294 g/mol. The summed E-state index contributed by atoms with van der Waals surface area (Å²) in [7, 11) is 1.71. The van der Waals surface area contributed by atoms with E-state index in [0.717, 1.165) is 0 Å². The van der Waals surface area contributed by atoms with Crippen LogP contribution in [0.25, 0.3) is 0 Å². The minimum absolute atomic E-state index is 0.0108. The van der Waals surface area contributed by atoms with Gasteiger partial charge in [-0.2, -0.15) is 0 Å². The van der Waals surface area contributed by atoms with Crippen molar-refractivity contribution in [2.24, 2.45) is 17.3 Å². The molecule has 4 heteroatoms. The number of allylic oxidation sites excluding steroid dienone is 2. The first kappa shape index (κ1) is 17.7. The predicted octanol–water partition coefficient (Wildman–Crippen LogP) is 2.60. The number of carbonyl (C=O) groups excluding carboxylic acids is 2. The van der Waals surface area contributed by atoms with Crippen LogP contribution < -0.4 is 5.32 Å². The van der Waals surface area contributed by atoms with Crippen LogP contribution >= 0.6 is 0 Å². The van der Waals surface area contributed by atoms with E-state index in [2.05, 4.69) is 39.1 Å². The molecule has 1 fully saturated rings. The van der Waals surface area contributed by atoms with E-state index >= 15 is 0 Å². The summed E-state index contributed by atoms with van der Waals surface area (Å²) in [6.07, 6.45) is 2.17. The smallest absolute Gasteiger partial charge is 0.240 e. The second-order valence-electron chi connectivity index (χ2n) is 8.06. The Morgan fingerprint density at radius 1 is 1.24 bits per heavy atom. The lowest BCUT2D eigenvalue weighted by atomic mass is 10.1. The van der Waals surface area contributed by atoms with Crippen LogP contribution in [-0.2, 0) is 9.59 Å². The maximum Gasteiger partial charge on any atom is 0.240 e. The molecule has 0 aromatic rings. The van der Waals surface area contributed by atoms with Crippen molar-refractivity contribution in [2.75, 3.05) is 13.6 Å². The summed E-state index contributed by atoms with van der Waals surface area (Å²) in [5, 5.41) is 2.88. The average Bonchev–Trinajstić information content (AvgIpc) is 2.75. The Balaban J connectivity index is 2.64. The number of hydrogen-bond acceptors (Lipinski definition) is 2. The first-order valence-corrected chi connectivity index (χ1v) is 7.57. The Morgan fingerprint density at radius 3 is 2.19 bits per heavy atom. The predicted molar refractivity (Wildman–Crippen MR) is 85.7 cm³/mol. The summed E-state index contributed by atoms with van der Waals surface area (Å²) in [6, 6.07) is 0. The van der Waals surface area contributed by atoms with Crippen molar-refractivity contribution in [3.05, 3.63) is 11.6 Å². The highest BCUT2D eigenvalue weighted by Crippen LogP contribution is 2.59. The van der Waals surface area contributed by atoms with Gasteiger partial charge in [-0.25, -0.2) is 0 Å². The summed E-state index contributed by atoms with van der Waals surface area (Å²) in [6.45, 7) is 14.2. The van der Waals surface area contributed by atoms with E-state index in [1.165, 1.54) is 5.57 Å². The van der Waals surface area contributed by atoms with Gasteiger partial charge in [-0.3, -0.25) is 9.59 Å². The van der Waals surface area contributed by atoms with Crippen molar-refractivity contribution in [3.8, 4) is 0 Å². The summed E-state index contributed by atoms with van der Waals surface area (Å²) < 4.78 is 0. The van der Waals surface area contributed by atoms with Crippen molar-refractivity contribution in [3.63, 3.8) is 0 Å². The second-order valence-corrected chi connectivity index (χ2v) is 8.06. The van der Waals surface area contributed by atoms with Crippen LogP contribution in [0.15, 0.2) is 11.6 Å². The molecule has 0 spiro atoms. The Morgan fingerprint density at radius 2 is 1.76 bits per heavy atom. The largest absolute Gasteiger partial charge is 0.350 e. The number of rotatable bonds is 4. The zero-order valence-corrected chi connectivity index (χ0v) is 14.7. The first-order chi connectivity index (χ1) is 9.36. The van der Waals surface area contributed by atoms with Crippen LogP contribution in [0.1, 0.15) is 48.5 Å². The zero-order chi connectivity index (χ0) is 16.6. The van der Waals surface area contributed by atoms with E-state index in [4.69, 9.17) is 0 Å². The van der Waals surface area contributed by atoms with E-state index in [0.29, 0.717) is 0 Å². The van der Waals surface area contributed by atoms with Gasteiger partial charge in [0.2, 0.25) is 11.8 Å². The number of nitrogens with zero attached hydrogens (tertiary/aromatic N) is 1. The first-order valence-electron chi connectivity index (χ1n) is 7.57. The molecule has 0 saturated heterocycles. The van der Waals surface area contributed by atoms with E-state index < -0.39 is 0 Å². The normalized spacial score (nSPS) is 23.2. The number of likely N-dealkylation sites (N-methyl/N-ethyl adjacent to an activating group) is 1. The van der Waals surface area contributed by atoms with Crippen molar-refractivity contribution in [2.45, 2.75) is 54.0 Å². The molecule has 1 rings (SSSR count). The van der Waals surface area contributed by atoms with Gasteiger partial charge in [0, 0.05) is 12.6 Å². The Labute approximate surface area is 129 Å². The summed E-state index contributed by atoms with van der Waals surface area (Å²) in [4.78, 5) is 26.0. The molecule has 1 aliphatic carbocycles. The molecule has 0 radical (unpaired) electrons. The molecule has 2 amide bonds. The van der Waals surface area contributed by atoms with Gasteiger partial charge in [-0.15, -0.1) is 0 Å². The minimum Gasteiger partial charge on any atom is -0.350 e. The summed E-state index contributed by atoms with van der Waals surface area (Å²) in [5.74, 6) is 0.213. The molecule has 1 saturated carbocycles. The molecule has 0 heterocycles. The molecular formula is C17H30N2O2. The lowest BCUT2D eigenvalue weighted by molar-refractivity contribution is -0.136. The Hall–Kier alpha value is -1.32. The molecule has 0 aliphatic heterocycles. The molecule has 0 aromatic carbocycles. The summed E-state index contributed by atoms with van der Waals surface area (Å²) >= 11 is 0. The van der Waals surface area contributed by atoms with E-state index in [1.807, 2.05) is 20.8 Å². The number of amides is 2. The highest BCUT2D eigenvalue weighted by Gasteiger charge is 2.61. The monoisotopic (exact) mass is 294 g/mol. The Bertz CT molecular complexity index is 454. The fraction of sp³-hybridized carbons (Fsp3) is 0.765. The topological polar surface area (TPSA) is 49.4 Å². The van der Waals surface area contributed by atoms with Gasteiger partial charge in [-0.1, -0.05) is 25.5 Å². The molecule has 120 valence electrons. The van der Waals surface area contributed by atoms with Gasteiger partial charge in [0.25, 0.3) is 0 Å². The molecule has 0 aromatic heterocycles. The molecule has 2 atom stereocenters. The lowest BCUT2D eigenvalue weighted by Crippen LogP contribution is -2.46. The zero-order valence-electron chi connectivity index (χ0n) is 14.7. The van der Waals surface area contributed by atoms with Crippen LogP contribution in [0.4, 0.5) is 0 Å². The standard InChI is InChI=1S/C17H30N2O2/c1-11(2)9-12-14(17(12,6)7)15(21)19(8)10-13(20)18-16(3,4)5/h9,12,14H,10H2,1-8H3,(H,18,20)/t12-,14-/m0/s1. The number of nitrogens with one attached hydrogen (secondary N) is 1. The molecular weight excluding hydrogens is 264 g/mol. The van der Waals surface area contributed by atoms with Crippen LogP contribution in [0.3, 0.4) is 0 Å². The van der Waals surface area contributed by atoms with Crippen molar-refractivity contribution >= 4 is 11.8 Å². The van der Waals surface area contributed by atoms with E-state index in [1.54, 1.807) is 11.9 Å². The molecule has 1 aliphatic rings. The number of hydrogen-bond donors (Lipinski definition) is 1. The SMILES string of the molecule is CC(C)=C[C@H]1[C@@H](C(=O)N(C)CC(=O)NC(C)(C)C)C1(C)C. The second kappa shape index (κ2) is 5.82. The van der Waals surface area contributed by atoms with Crippen molar-refractivity contribution < 1.29 is 9.59 Å². The van der Waals surface area contributed by atoms with Gasteiger partial charge in [-0.05, 0) is 46.0 Å². The lowest BCUT2D eigenvalue weighted by Gasteiger charge is -2.23. The highest BCUT2D eigenvalue weighted by molar-refractivity contribution is 5.88. The van der Waals surface area contributed by atoms with Crippen molar-refractivity contribution in [1.29, 1.82) is 0 Å². The van der Waals surface area contributed by atoms with Crippen LogP contribution in [0.2, 0.25) is 0 Å². The van der Waals surface area contributed by atoms with Crippen LogP contribution in [-0.4, -0.2) is 35.8 Å². The maximum absolute atomic E-state index is 12.5.